The lowest BCUT2D eigenvalue weighted by atomic mass is 10.2. The molecule has 1 aliphatic heterocycles. The molecule has 9 nitrogen and oxygen atoms in total. The summed E-state index contributed by atoms with van der Waals surface area (Å²) in [6, 6.07) is 7.76. The molecule has 0 aliphatic carbocycles. The van der Waals surface area contributed by atoms with E-state index >= 15 is 0 Å². The average Bonchev–Trinajstić information content (AvgIpc) is 3.56. The van der Waals surface area contributed by atoms with Gasteiger partial charge in [-0.3, -0.25) is 14.6 Å². The molecule has 3 N–H and O–H groups in total. The fourth-order valence-electron chi connectivity index (χ4n) is 3.90. The Morgan fingerprint density at radius 2 is 2.09 bits per heavy atom. The lowest BCUT2D eigenvalue weighted by Crippen LogP contribution is -2.37. The van der Waals surface area contributed by atoms with Gasteiger partial charge in [0.25, 0.3) is 0 Å². The van der Waals surface area contributed by atoms with E-state index < -0.39 is 11.7 Å². The maximum absolute atomic E-state index is 14.8. The Kier molecular flexibility index (Phi) is 6.43. The quantitative estimate of drug-likeness (QED) is 0.340. The van der Waals surface area contributed by atoms with Crippen LogP contribution in [0.25, 0.3) is 20.9 Å². The zero-order valence-electron chi connectivity index (χ0n) is 18.9. The van der Waals surface area contributed by atoms with Crippen LogP contribution in [0, 0.1) is 5.82 Å². The third-order valence-electron chi connectivity index (χ3n) is 5.60. The summed E-state index contributed by atoms with van der Waals surface area (Å²) in [6.07, 6.45) is 5.69. The molecule has 0 spiro atoms. The molecule has 3 aromatic heterocycles. The van der Waals surface area contributed by atoms with Crippen LogP contribution in [0.5, 0.6) is 11.5 Å². The molecular formula is C24H23FN6O3S. The van der Waals surface area contributed by atoms with E-state index in [2.05, 4.69) is 25.9 Å². The van der Waals surface area contributed by atoms with E-state index in [9.17, 15) is 14.0 Å². The largest absolute Gasteiger partial charge is 0.453 e. The maximum atomic E-state index is 14.8. The number of pyridine rings is 1. The van der Waals surface area contributed by atoms with Crippen LogP contribution in [0.15, 0.2) is 48.9 Å². The zero-order valence-corrected chi connectivity index (χ0v) is 19.7. The van der Waals surface area contributed by atoms with Crippen molar-refractivity contribution in [3.63, 3.8) is 0 Å². The molecule has 1 aromatic carbocycles. The number of nitrogens with zero attached hydrogens (tertiary/aromatic N) is 3. The summed E-state index contributed by atoms with van der Waals surface area (Å²) >= 11 is 1.46. The molecular weight excluding hydrogens is 471 g/mol. The van der Waals surface area contributed by atoms with E-state index in [1.54, 1.807) is 18.5 Å². The summed E-state index contributed by atoms with van der Waals surface area (Å²) in [5, 5.41) is 8.50. The normalized spacial score (nSPS) is 15.3. The van der Waals surface area contributed by atoms with Crippen LogP contribution in [-0.4, -0.2) is 45.5 Å². The number of hydrogen-bond donors (Lipinski definition) is 3. The predicted molar refractivity (Wildman–Crippen MR) is 131 cm³/mol. The molecule has 0 saturated carbocycles. The maximum Gasteiger partial charge on any atom is 0.233 e. The molecule has 1 atom stereocenters. The Hall–Kier alpha value is -3.83. The van der Waals surface area contributed by atoms with E-state index in [1.807, 2.05) is 23.9 Å². The van der Waals surface area contributed by atoms with Gasteiger partial charge >= 0.3 is 0 Å². The Balaban J connectivity index is 1.27. The van der Waals surface area contributed by atoms with Gasteiger partial charge in [-0.05, 0) is 31.2 Å². The van der Waals surface area contributed by atoms with Gasteiger partial charge in [-0.15, -0.1) is 11.3 Å². The van der Waals surface area contributed by atoms with Crippen molar-refractivity contribution < 1.29 is 18.7 Å². The van der Waals surface area contributed by atoms with Crippen LogP contribution >= 0.6 is 11.3 Å². The molecule has 0 radical (unpaired) electrons. The number of amides is 2. The molecule has 4 aromatic rings. The minimum absolute atomic E-state index is 0.00826. The highest BCUT2D eigenvalue weighted by Crippen LogP contribution is 2.39. The Morgan fingerprint density at radius 1 is 1.20 bits per heavy atom. The smallest absolute Gasteiger partial charge is 0.233 e. The number of nitrogens with one attached hydrogen (secondary N) is 3. The number of imidazole rings is 1. The molecule has 1 aliphatic rings. The predicted octanol–water partition coefficient (Wildman–Crippen LogP) is 3.43. The third kappa shape index (κ3) is 5.15. The molecule has 5 rings (SSSR count). The molecule has 4 heterocycles. The van der Waals surface area contributed by atoms with Crippen LogP contribution in [0.4, 0.5) is 10.1 Å². The molecule has 180 valence electrons. The lowest BCUT2D eigenvalue weighted by Gasteiger charge is -2.12. The summed E-state index contributed by atoms with van der Waals surface area (Å²) in [4.78, 5) is 33.9. The monoisotopic (exact) mass is 494 g/mol. The molecule has 1 unspecified atom stereocenters. The number of hydrogen-bond acceptors (Lipinski definition) is 7. The summed E-state index contributed by atoms with van der Waals surface area (Å²) < 4.78 is 23.4. The fraction of sp³-hybridized carbons (Fsp3) is 0.250. The molecule has 1 saturated heterocycles. The van der Waals surface area contributed by atoms with Crippen molar-refractivity contribution in [2.45, 2.75) is 18.9 Å². The van der Waals surface area contributed by atoms with E-state index in [0.717, 1.165) is 40.0 Å². The van der Waals surface area contributed by atoms with Crippen molar-refractivity contribution in [1.82, 2.24) is 25.2 Å². The van der Waals surface area contributed by atoms with Crippen LogP contribution in [0.1, 0.15) is 12.8 Å². The topological polar surface area (TPSA) is 110 Å². The standard InChI is InChI=1S/C24H23FN6O3S/c1-31-9-8-28-24(31)20-11-17-23(35-20)19(5-7-27-17)34-18-3-2-14(10-16(18)25)29-21(32)12-22(33)30-15-4-6-26-13-15/h2-3,5,7-11,15,26H,4,6,12-13H2,1H3,(H,29,32)(H,30,33). The Morgan fingerprint density at radius 3 is 2.83 bits per heavy atom. The van der Waals surface area contributed by atoms with E-state index in [0.29, 0.717) is 12.3 Å². The van der Waals surface area contributed by atoms with Gasteiger partial charge in [0.05, 0.1) is 15.1 Å². The minimum atomic E-state index is -0.643. The first-order chi connectivity index (χ1) is 17.0. The van der Waals surface area contributed by atoms with E-state index in [4.69, 9.17) is 4.74 Å². The first-order valence-electron chi connectivity index (χ1n) is 11.1. The van der Waals surface area contributed by atoms with E-state index in [-0.39, 0.29) is 29.8 Å². The Labute approximate surface area is 204 Å². The van der Waals surface area contributed by atoms with Crippen molar-refractivity contribution >= 4 is 39.1 Å². The number of carbonyl (C=O) groups is 2. The first-order valence-corrected chi connectivity index (χ1v) is 11.9. The van der Waals surface area contributed by atoms with Crippen LogP contribution in [-0.2, 0) is 16.6 Å². The molecule has 0 bridgehead atoms. The second-order valence-corrected chi connectivity index (χ2v) is 9.28. The summed E-state index contributed by atoms with van der Waals surface area (Å²) in [7, 11) is 1.91. The van der Waals surface area contributed by atoms with Crippen LogP contribution < -0.4 is 20.7 Å². The number of carbonyl (C=O) groups excluding carboxylic acids is 2. The number of aromatic nitrogens is 3. The van der Waals surface area contributed by atoms with Gasteiger partial charge in [0.15, 0.2) is 11.6 Å². The number of benzene rings is 1. The number of halogens is 1. The number of fused-ring (bicyclic) bond motifs is 1. The van der Waals surface area contributed by atoms with Gasteiger partial charge < -0.3 is 25.3 Å². The van der Waals surface area contributed by atoms with Crippen molar-refractivity contribution in [2.24, 2.45) is 7.05 Å². The molecule has 35 heavy (non-hydrogen) atoms. The number of anilines is 1. The van der Waals surface area contributed by atoms with Gasteiger partial charge in [0.1, 0.15) is 18.0 Å². The van der Waals surface area contributed by atoms with Gasteiger partial charge in [0, 0.05) is 56.0 Å². The number of aryl methyl sites for hydroxylation is 1. The van der Waals surface area contributed by atoms with Crippen LogP contribution in [0.3, 0.4) is 0 Å². The van der Waals surface area contributed by atoms with Gasteiger partial charge in [-0.1, -0.05) is 0 Å². The first kappa shape index (κ1) is 22.9. The highest BCUT2D eigenvalue weighted by atomic mass is 32.1. The average molecular weight is 495 g/mol. The summed E-state index contributed by atoms with van der Waals surface area (Å²) in [6.45, 7) is 1.53. The van der Waals surface area contributed by atoms with Gasteiger partial charge in [0.2, 0.25) is 11.8 Å². The van der Waals surface area contributed by atoms with Gasteiger partial charge in [-0.25, -0.2) is 9.37 Å². The molecule has 2 amide bonds. The second-order valence-electron chi connectivity index (χ2n) is 8.23. The lowest BCUT2D eigenvalue weighted by molar-refractivity contribution is -0.127. The highest BCUT2D eigenvalue weighted by molar-refractivity contribution is 7.22. The number of rotatable bonds is 7. The number of ether oxygens (including phenoxy) is 1. The highest BCUT2D eigenvalue weighted by Gasteiger charge is 2.19. The molecule has 1 fully saturated rings. The minimum Gasteiger partial charge on any atom is -0.453 e. The molecule has 11 heteroatoms. The van der Waals surface area contributed by atoms with Crippen molar-refractivity contribution in [1.29, 1.82) is 0 Å². The van der Waals surface area contributed by atoms with Crippen molar-refractivity contribution in [3.05, 3.63) is 54.7 Å². The summed E-state index contributed by atoms with van der Waals surface area (Å²) in [5.74, 6) is -0.242. The SMILES string of the molecule is Cn1ccnc1-c1cc2nccc(Oc3ccc(NC(=O)CC(=O)NC4CCNC4)cc3F)c2s1. The van der Waals surface area contributed by atoms with Gasteiger partial charge in [-0.2, -0.15) is 0 Å². The van der Waals surface area contributed by atoms with E-state index in [1.165, 1.54) is 23.5 Å². The fourth-order valence-corrected chi connectivity index (χ4v) is 5.00. The van der Waals surface area contributed by atoms with Crippen molar-refractivity contribution in [3.8, 4) is 22.2 Å². The number of thiophene rings is 1. The Bertz CT molecular complexity index is 1400. The zero-order chi connectivity index (χ0) is 24.4. The summed E-state index contributed by atoms with van der Waals surface area (Å²) in [5.41, 5.74) is 0.963. The third-order valence-corrected chi connectivity index (χ3v) is 6.73. The van der Waals surface area contributed by atoms with Crippen LogP contribution in [0.2, 0.25) is 0 Å². The van der Waals surface area contributed by atoms with Crippen molar-refractivity contribution in [2.75, 3.05) is 18.4 Å². The second kappa shape index (κ2) is 9.80.